The topological polar surface area (TPSA) is 77.4 Å². The van der Waals surface area contributed by atoms with Crippen molar-refractivity contribution >= 4 is 38.4 Å². The first-order chi connectivity index (χ1) is 14.6. The quantitative estimate of drug-likeness (QED) is 0.118. The standard InChI is InChI=1S/4C4H9.2C2H5O2.C2H4O2.2Sn/c4*1-3-4-2;3*3-1-2-4;;/h4*1,3-4H2,2H3;2*3H,1-2H2;1-2H2;;/q;;;;2*-1;-2;2*+2. The zero-order valence-electron chi connectivity index (χ0n) is 20.3. The van der Waals surface area contributed by atoms with E-state index in [2.05, 4.69) is 27.7 Å². The summed E-state index contributed by atoms with van der Waals surface area (Å²) in [6.45, 7) is 10.8. The van der Waals surface area contributed by atoms with E-state index in [1.54, 1.807) is 0 Å². The Morgan fingerprint density at radius 1 is 0.467 bits per heavy atom. The van der Waals surface area contributed by atoms with Crippen LogP contribution in [-0.4, -0.2) is 88.3 Å². The van der Waals surface area contributed by atoms with Crippen molar-refractivity contribution in [2.75, 3.05) is 39.6 Å². The SMILES string of the molecule is CCC[CH2][Sn]([CH2]CCC)([O]CCO)[O]CC[O][Sn]([CH2]CCC)([CH2]CCC)[O]CCO. The molecule has 0 radical (unpaired) electrons. The van der Waals surface area contributed by atoms with Crippen molar-refractivity contribution in [1.82, 2.24) is 0 Å². The Hall–Kier alpha value is 1.36. The molecule has 0 fully saturated rings. The molecule has 0 bridgehead atoms. The molecule has 182 valence electrons. The summed E-state index contributed by atoms with van der Waals surface area (Å²) in [6.07, 6.45) is 9.05. The molecule has 0 saturated heterocycles. The van der Waals surface area contributed by atoms with E-state index in [1.807, 2.05) is 0 Å². The Labute approximate surface area is 196 Å². The zero-order valence-corrected chi connectivity index (χ0v) is 26.0. The fourth-order valence-electron chi connectivity index (χ4n) is 3.61. The van der Waals surface area contributed by atoms with Crippen LogP contribution in [0.15, 0.2) is 0 Å². The molecule has 0 amide bonds. The van der Waals surface area contributed by atoms with Crippen molar-refractivity contribution in [2.24, 2.45) is 0 Å². The number of hydrogen-bond donors (Lipinski definition) is 2. The molecule has 8 heteroatoms. The van der Waals surface area contributed by atoms with Gasteiger partial charge in [0.05, 0.1) is 0 Å². The molecule has 0 saturated carbocycles. The molecule has 0 aromatic heterocycles. The Morgan fingerprint density at radius 2 is 0.733 bits per heavy atom. The molecule has 0 aliphatic rings. The molecule has 2 N–H and O–H groups in total. The molecule has 30 heavy (non-hydrogen) atoms. The molecule has 0 aromatic rings. The van der Waals surface area contributed by atoms with Gasteiger partial charge in [-0.2, -0.15) is 0 Å². The Morgan fingerprint density at radius 3 is 0.967 bits per heavy atom. The molecule has 6 nitrogen and oxygen atoms in total. The number of unbranched alkanes of at least 4 members (excludes halogenated alkanes) is 4. The summed E-state index contributed by atoms with van der Waals surface area (Å²) < 4.78 is 29.7. The summed E-state index contributed by atoms with van der Waals surface area (Å²) in [5.74, 6) is 0. The average Bonchev–Trinajstić information content (AvgIpc) is 2.77. The molecule has 0 spiro atoms. The predicted octanol–water partition coefficient (Wildman–Crippen LogP) is 5.12. The summed E-state index contributed by atoms with van der Waals surface area (Å²) in [5, 5.41) is 18.6. The van der Waals surface area contributed by atoms with Crippen LogP contribution in [0.4, 0.5) is 0 Å². The summed E-state index contributed by atoms with van der Waals surface area (Å²) in [4.78, 5) is 0. The van der Waals surface area contributed by atoms with Gasteiger partial charge in [0.2, 0.25) is 0 Å². The molecular formula is C22H50O6Sn2. The van der Waals surface area contributed by atoms with Crippen LogP contribution in [-0.2, 0) is 12.3 Å². The van der Waals surface area contributed by atoms with Gasteiger partial charge < -0.3 is 0 Å². The van der Waals surface area contributed by atoms with E-state index < -0.39 is 38.4 Å². The monoisotopic (exact) mass is 650 g/mol. The molecule has 0 aromatic carbocycles. The van der Waals surface area contributed by atoms with Crippen molar-refractivity contribution in [2.45, 2.75) is 96.8 Å². The normalized spacial score (nSPS) is 12.6. The van der Waals surface area contributed by atoms with Gasteiger partial charge >= 0.3 is 197 Å². The maximum atomic E-state index is 9.31. The fraction of sp³-hybridized carbons (Fsp3) is 1.00. The van der Waals surface area contributed by atoms with Gasteiger partial charge in [-0.1, -0.05) is 0 Å². The molecule has 0 heterocycles. The molecule has 0 aliphatic heterocycles. The molecular weight excluding hydrogens is 598 g/mol. The van der Waals surface area contributed by atoms with Crippen LogP contribution in [0.3, 0.4) is 0 Å². The number of rotatable bonds is 23. The molecule has 0 rings (SSSR count). The summed E-state index contributed by atoms with van der Waals surface area (Å²) in [7, 11) is 0. The second kappa shape index (κ2) is 20.9. The van der Waals surface area contributed by atoms with Crippen LogP contribution in [0.5, 0.6) is 0 Å². The third kappa shape index (κ3) is 14.5. The van der Waals surface area contributed by atoms with E-state index in [-0.39, 0.29) is 13.2 Å². The maximum absolute atomic E-state index is 9.31. The van der Waals surface area contributed by atoms with E-state index in [9.17, 15) is 10.2 Å². The number of hydrogen-bond acceptors (Lipinski definition) is 6. The van der Waals surface area contributed by atoms with E-state index in [0.717, 1.165) is 69.1 Å². The van der Waals surface area contributed by atoms with Crippen molar-refractivity contribution in [3.63, 3.8) is 0 Å². The minimum absolute atomic E-state index is 0.0549. The second-order valence-electron chi connectivity index (χ2n) is 8.08. The first-order valence-corrected chi connectivity index (χ1v) is 25.1. The number of aliphatic hydroxyl groups is 2. The molecule has 0 atom stereocenters. The Kier molecular flexibility index (Phi) is 21.9. The third-order valence-electron chi connectivity index (χ3n) is 5.37. The van der Waals surface area contributed by atoms with Crippen LogP contribution in [0.1, 0.15) is 79.1 Å². The van der Waals surface area contributed by atoms with Gasteiger partial charge in [0.15, 0.2) is 0 Å². The van der Waals surface area contributed by atoms with Gasteiger partial charge in [-0.05, 0) is 0 Å². The summed E-state index contributed by atoms with van der Waals surface area (Å²) >= 11 is -6.40. The van der Waals surface area contributed by atoms with Crippen LogP contribution in [0, 0.1) is 0 Å². The fourth-order valence-corrected chi connectivity index (χ4v) is 24.2. The van der Waals surface area contributed by atoms with Crippen molar-refractivity contribution in [3.8, 4) is 0 Å². The van der Waals surface area contributed by atoms with Gasteiger partial charge in [0, 0.05) is 0 Å². The van der Waals surface area contributed by atoms with Crippen LogP contribution < -0.4 is 0 Å². The van der Waals surface area contributed by atoms with Gasteiger partial charge in [-0.15, -0.1) is 0 Å². The third-order valence-corrected chi connectivity index (χ3v) is 26.4. The van der Waals surface area contributed by atoms with Crippen molar-refractivity contribution in [3.05, 3.63) is 0 Å². The van der Waals surface area contributed by atoms with E-state index in [1.165, 1.54) is 0 Å². The van der Waals surface area contributed by atoms with Crippen LogP contribution in [0.2, 0.25) is 17.7 Å². The van der Waals surface area contributed by atoms with E-state index >= 15 is 0 Å². The van der Waals surface area contributed by atoms with Gasteiger partial charge in [0.25, 0.3) is 0 Å². The summed E-state index contributed by atoms with van der Waals surface area (Å²) in [6, 6.07) is 0. The Balaban J connectivity index is 5.02. The average molecular weight is 648 g/mol. The van der Waals surface area contributed by atoms with Crippen LogP contribution in [0.25, 0.3) is 0 Å². The molecule has 0 unspecified atom stereocenters. The number of aliphatic hydroxyl groups excluding tert-OH is 2. The minimum atomic E-state index is -3.20. The molecule has 0 aliphatic carbocycles. The van der Waals surface area contributed by atoms with Gasteiger partial charge in [0.1, 0.15) is 0 Å². The van der Waals surface area contributed by atoms with Gasteiger partial charge in [-0.3, -0.25) is 0 Å². The first-order valence-electron chi connectivity index (χ1n) is 12.3. The van der Waals surface area contributed by atoms with Gasteiger partial charge in [-0.25, -0.2) is 0 Å². The Bertz CT molecular complexity index is 296. The van der Waals surface area contributed by atoms with E-state index in [0.29, 0.717) is 26.4 Å². The van der Waals surface area contributed by atoms with Crippen LogP contribution >= 0.6 is 0 Å². The zero-order chi connectivity index (χ0) is 22.6. The predicted molar refractivity (Wildman–Crippen MR) is 128 cm³/mol. The first kappa shape index (κ1) is 31.4. The van der Waals surface area contributed by atoms with Crippen molar-refractivity contribution in [1.29, 1.82) is 0 Å². The van der Waals surface area contributed by atoms with Crippen molar-refractivity contribution < 1.29 is 22.5 Å². The summed E-state index contributed by atoms with van der Waals surface area (Å²) in [5.41, 5.74) is 0. The second-order valence-corrected chi connectivity index (χ2v) is 27.5. The van der Waals surface area contributed by atoms with E-state index in [4.69, 9.17) is 12.3 Å².